The van der Waals surface area contributed by atoms with E-state index in [1.807, 2.05) is 36.4 Å². The van der Waals surface area contributed by atoms with Gasteiger partial charge in [0.1, 0.15) is 29.1 Å². The third-order valence-corrected chi connectivity index (χ3v) is 14.5. The molecule has 8 aromatic rings. The summed E-state index contributed by atoms with van der Waals surface area (Å²) in [6.45, 7) is 0.778. The van der Waals surface area contributed by atoms with Crippen molar-refractivity contribution in [1.82, 2.24) is 24.9 Å². The van der Waals surface area contributed by atoms with Crippen molar-refractivity contribution < 1.29 is 36.3 Å². The molecule has 2 heterocycles. The molecule has 10 rings (SSSR count). The quantitative estimate of drug-likeness (QED) is 0.0418. The number of primary amides is 1. The van der Waals surface area contributed by atoms with Gasteiger partial charge in [0.2, 0.25) is 5.91 Å². The molecule has 0 saturated heterocycles. The van der Waals surface area contributed by atoms with Crippen molar-refractivity contribution in [3.8, 4) is 23.5 Å². The number of hydrogen-bond acceptors (Lipinski definition) is 10. The monoisotopic (exact) mass is 1080 g/mol. The van der Waals surface area contributed by atoms with Gasteiger partial charge >= 0.3 is 6.18 Å². The van der Waals surface area contributed by atoms with Gasteiger partial charge in [-0.05, 0) is 138 Å². The number of carbonyl (C=O) groups excluding carboxylic acids is 3. The van der Waals surface area contributed by atoms with Crippen molar-refractivity contribution >= 4 is 29.1 Å². The number of nitrogens with one attached hydrogen (secondary N) is 3. The number of rotatable bonds is 19. The zero-order valence-electron chi connectivity index (χ0n) is 42.6. The highest BCUT2D eigenvalue weighted by atomic mass is 19.4. The maximum absolute atomic E-state index is 15.8. The normalized spacial score (nSPS) is 14.8. The summed E-state index contributed by atoms with van der Waals surface area (Å²) in [5, 5.41) is 37.3. The van der Waals surface area contributed by atoms with E-state index >= 15 is 8.78 Å². The molecule has 6 aromatic carbocycles. The summed E-state index contributed by atoms with van der Waals surface area (Å²) < 4.78 is 75.3. The Hall–Kier alpha value is -9.34. The van der Waals surface area contributed by atoms with E-state index in [2.05, 4.69) is 32.2 Å². The van der Waals surface area contributed by atoms with Crippen molar-refractivity contribution in [2.75, 3.05) is 17.2 Å². The van der Waals surface area contributed by atoms with Gasteiger partial charge in [0.15, 0.2) is 11.4 Å². The summed E-state index contributed by atoms with van der Waals surface area (Å²) >= 11 is 0. The summed E-state index contributed by atoms with van der Waals surface area (Å²) in [6.07, 6.45) is 0.174. The molecule has 80 heavy (non-hydrogen) atoms. The van der Waals surface area contributed by atoms with E-state index in [1.54, 1.807) is 54.6 Å². The first-order valence-corrected chi connectivity index (χ1v) is 25.7. The molecule has 15 nitrogen and oxygen atoms in total. The van der Waals surface area contributed by atoms with Crippen molar-refractivity contribution in [3.63, 3.8) is 0 Å². The molecule has 2 aliphatic carbocycles. The third kappa shape index (κ3) is 11.6. The largest absolute Gasteiger partial charge is 0.435 e. The van der Waals surface area contributed by atoms with Crippen LogP contribution in [0.15, 0.2) is 146 Å². The molecule has 3 atom stereocenters. The van der Waals surface area contributed by atoms with E-state index in [1.165, 1.54) is 47.1 Å². The first kappa shape index (κ1) is 54.0. The molecular weight excluding hydrogens is 1030 g/mol. The number of nitriles is 2. The first-order chi connectivity index (χ1) is 38.4. The van der Waals surface area contributed by atoms with Crippen LogP contribution in [0.25, 0.3) is 11.4 Å². The Kier molecular flexibility index (Phi) is 15.0. The van der Waals surface area contributed by atoms with Crippen LogP contribution in [0.3, 0.4) is 0 Å². The molecule has 0 spiro atoms. The number of nitrogens with zero attached hydrogens (tertiary/aromatic N) is 6. The van der Waals surface area contributed by atoms with Crippen LogP contribution in [0.1, 0.15) is 132 Å². The molecule has 2 fully saturated rings. The van der Waals surface area contributed by atoms with Gasteiger partial charge in [0.05, 0.1) is 52.0 Å². The second-order valence-corrected chi connectivity index (χ2v) is 20.2. The molecule has 2 aliphatic rings. The van der Waals surface area contributed by atoms with Gasteiger partial charge in [-0.1, -0.05) is 85.6 Å². The number of carbonyl (C=O) groups is 3. The predicted molar refractivity (Wildman–Crippen MR) is 287 cm³/mol. The average molecular weight is 1080 g/mol. The average Bonchev–Trinajstić information content (AvgIpc) is 4.41. The fourth-order valence-electron chi connectivity index (χ4n) is 9.76. The minimum absolute atomic E-state index is 0.0629. The Morgan fingerprint density at radius 3 is 1.94 bits per heavy atom. The zero-order valence-corrected chi connectivity index (χ0v) is 42.6. The molecular formula is C60H51F5N12O3. The lowest BCUT2D eigenvalue weighted by Crippen LogP contribution is -2.38. The van der Waals surface area contributed by atoms with E-state index in [4.69, 9.17) is 17.2 Å². The molecule has 0 aliphatic heterocycles. The molecule has 0 bridgehead atoms. The summed E-state index contributed by atoms with van der Waals surface area (Å²) in [7, 11) is 0. The van der Waals surface area contributed by atoms with E-state index in [9.17, 15) is 38.1 Å². The number of nitrogens with two attached hydrogens (primary N) is 3. The lowest BCUT2D eigenvalue weighted by molar-refractivity contribution is -0.141. The lowest BCUT2D eigenvalue weighted by Gasteiger charge is -2.32. The van der Waals surface area contributed by atoms with E-state index in [0.717, 1.165) is 55.5 Å². The lowest BCUT2D eigenvalue weighted by atomic mass is 9.78. The topological polar surface area (TPSA) is 249 Å². The van der Waals surface area contributed by atoms with E-state index in [-0.39, 0.29) is 39.9 Å². The summed E-state index contributed by atoms with van der Waals surface area (Å²) in [4.78, 5) is 39.9. The molecule has 3 amide bonds. The Morgan fingerprint density at radius 2 is 1.27 bits per heavy atom. The maximum Gasteiger partial charge on any atom is 0.435 e. The van der Waals surface area contributed by atoms with E-state index < -0.39 is 64.2 Å². The summed E-state index contributed by atoms with van der Waals surface area (Å²) in [6, 6.07) is 39.6. The molecule has 20 heteroatoms. The number of amides is 3. The van der Waals surface area contributed by atoms with Crippen LogP contribution in [0.4, 0.5) is 33.3 Å². The van der Waals surface area contributed by atoms with Crippen LogP contribution >= 0.6 is 0 Å². The fraction of sp³-hybridized carbons (Fsp3) is 0.217. The number of anilines is 2. The molecule has 9 N–H and O–H groups in total. The summed E-state index contributed by atoms with van der Waals surface area (Å²) in [5.74, 6) is -3.45. The van der Waals surface area contributed by atoms with Gasteiger partial charge in [-0.2, -0.15) is 33.9 Å². The van der Waals surface area contributed by atoms with Crippen LogP contribution in [-0.2, 0) is 11.7 Å². The second kappa shape index (κ2) is 22.2. The number of alkyl halides is 3. The van der Waals surface area contributed by atoms with Crippen molar-refractivity contribution in [2.24, 2.45) is 29.0 Å². The van der Waals surface area contributed by atoms with Gasteiger partial charge in [-0.15, -0.1) is 0 Å². The van der Waals surface area contributed by atoms with Crippen LogP contribution in [0, 0.1) is 46.1 Å². The Balaban J connectivity index is 0.923. The number of hydrogen-bond donors (Lipinski definition) is 6. The minimum atomic E-state index is -4.98. The zero-order chi connectivity index (χ0) is 56.5. The Morgan fingerprint density at radius 1 is 0.662 bits per heavy atom. The Labute approximate surface area is 455 Å². The van der Waals surface area contributed by atoms with Gasteiger partial charge in [-0.3, -0.25) is 14.4 Å². The van der Waals surface area contributed by atoms with Crippen molar-refractivity contribution in [1.29, 1.82) is 10.5 Å². The van der Waals surface area contributed by atoms with Crippen molar-refractivity contribution in [3.05, 3.63) is 225 Å². The molecule has 404 valence electrons. The SMILES string of the molecule is N#Cc1cc(C(=O)Nc2cc(C(NCC3CC3)c3ccccc3)ccc2F)n(-c2cccc(C(N)c3ccc(C(N)(CCC4CC4)c4ccc(F)c(NC(=O)c5cc(C(F)(F)F)nn5-c5cccc(C(N)=O)c5)c4)cc3C#N)c2)n1. The smallest absolute Gasteiger partial charge is 0.366 e. The highest BCUT2D eigenvalue weighted by molar-refractivity contribution is 6.04. The van der Waals surface area contributed by atoms with Gasteiger partial charge in [0.25, 0.3) is 11.8 Å². The second-order valence-electron chi connectivity index (χ2n) is 20.2. The van der Waals surface area contributed by atoms with E-state index in [0.29, 0.717) is 63.4 Å². The maximum atomic E-state index is 15.8. The Bertz CT molecular complexity index is 3780. The van der Waals surface area contributed by atoms with Gasteiger partial charge in [-0.25, -0.2) is 18.1 Å². The van der Waals surface area contributed by atoms with Crippen LogP contribution in [0.5, 0.6) is 0 Å². The van der Waals surface area contributed by atoms with Crippen molar-refractivity contribution in [2.45, 2.75) is 62.3 Å². The minimum Gasteiger partial charge on any atom is -0.366 e. The number of aromatic nitrogens is 4. The van der Waals surface area contributed by atoms with Gasteiger partial charge < -0.3 is 33.2 Å². The van der Waals surface area contributed by atoms with Crippen LogP contribution < -0.4 is 33.2 Å². The molecule has 2 aromatic heterocycles. The third-order valence-electron chi connectivity index (χ3n) is 14.5. The molecule has 0 radical (unpaired) electrons. The number of halogens is 5. The standard InChI is InChI=1S/C60H51F5N12O3/c61-47-20-16-38(55(71-33-35-14-15-35)36-6-2-1-3-7-36)27-49(47)72-57(79)51-29-43(32-67)74-76(51)44-10-4-8-37(25-44)54(68)46-19-17-41(24-40(46)31-66)59(70,23-22-34-12-13-34)42-18-21-48(62)50(28-42)73-58(80)52-30-53(60(63,64)65)75-77(52)45-11-5-9-39(26-45)56(69)78/h1-11,16-21,24-30,34-35,54-55,71H,12-15,22-23,33,68,70H2,(H2,69,78)(H,72,79)(H,73,80). The first-order valence-electron chi connectivity index (χ1n) is 25.7. The highest BCUT2D eigenvalue weighted by Crippen LogP contribution is 2.42. The highest BCUT2D eigenvalue weighted by Gasteiger charge is 2.38. The van der Waals surface area contributed by atoms with Gasteiger partial charge in [0, 0.05) is 17.7 Å². The van der Waals surface area contributed by atoms with Crippen LogP contribution in [0.2, 0.25) is 0 Å². The fourth-order valence-corrected chi connectivity index (χ4v) is 9.76. The summed E-state index contributed by atoms with van der Waals surface area (Å²) in [5.41, 5.74) is 19.2. The molecule has 2 saturated carbocycles. The van der Waals surface area contributed by atoms with Crippen LogP contribution in [-0.4, -0.2) is 43.8 Å². The number of benzene rings is 6. The predicted octanol–water partition coefficient (Wildman–Crippen LogP) is 10.2. The molecule has 3 unspecified atom stereocenters.